The predicted molar refractivity (Wildman–Crippen MR) is 104 cm³/mol. The first-order valence-electron chi connectivity index (χ1n) is 8.83. The van der Waals surface area contributed by atoms with Crippen LogP contribution in [0.25, 0.3) is 0 Å². The Morgan fingerprint density at radius 2 is 1.15 bits per heavy atom. The lowest BCUT2D eigenvalue weighted by Gasteiger charge is -2.08. The summed E-state index contributed by atoms with van der Waals surface area (Å²) in [5.41, 5.74) is 2.26. The molecule has 4 nitrogen and oxygen atoms in total. The van der Waals surface area contributed by atoms with Crippen LogP contribution in [0.5, 0.6) is 23.0 Å². The van der Waals surface area contributed by atoms with Gasteiger partial charge in [-0.3, -0.25) is 0 Å². The van der Waals surface area contributed by atoms with Crippen molar-refractivity contribution < 1.29 is 19.7 Å². The van der Waals surface area contributed by atoms with Crippen molar-refractivity contribution in [3.05, 3.63) is 72.2 Å². The Morgan fingerprint density at radius 3 is 1.54 bits per heavy atom. The largest absolute Gasteiger partial charge is 0.504 e. The van der Waals surface area contributed by atoms with Gasteiger partial charge in [-0.05, 0) is 74.9 Å². The fourth-order valence-electron chi connectivity index (χ4n) is 2.56. The predicted octanol–water partition coefficient (Wildman–Crippen LogP) is 5.49. The molecule has 26 heavy (non-hydrogen) atoms. The third-order valence-corrected chi connectivity index (χ3v) is 3.89. The number of rotatable bonds is 9. The SMILES string of the molecule is CC=COc1cc(CCCCc2ccc(O)c(OC=CC)c2)ccc1O. The average Bonchev–Trinajstić information content (AvgIpc) is 2.65. The quantitative estimate of drug-likeness (QED) is 0.462. The van der Waals surface area contributed by atoms with Crippen LogP contribution in [0.2, 0.25) is 0 Å². The van der Waals surface area contributed by atoms with E-state index in [9.17, 15) is 10.2 Å². The number of phenolic OH excluding ortho intramolecular Hbond substituents is 2. The summed E-state index contributed by atoms with van der Waals surface area (Å²) in [5, 5.41) is 19.6. The third-order valence-electron chi connectivity index (χ3n) is 3.89. The highest BCUT2D eigenvalue weighted by molar-refractivity contribution is 5.43. The molecule has 0 aliphatic heterocycles. The Bertz CT molecular complexity index is 697. The number of ether oxygens (including phenoxy) is 2. The Balaban J connectivity index is 1.87. The van der Waals surface area contributed by atoms with Gasteiger partial charge in [0, 0.05) is 0 Å². The zero-order chi connectivity index (χ0) is 18.8. The summed E-state index contributed by atoms with van der Waals surface area (Å²) in [4.78, 5) is 0. The number of phenols is 2. The van der Waals surface area contributed by atoms with Crippen LogP contribution in [-0.4, -0.2) is 10.2 Å². The molecule has 0 saturated carbocycles. The van der Waals surface area contributed by atoms with E-state index in [1.807, 2.05) is 38.1 Å². The van der Waals surface area contributed by atoms with E-state index >= 15 is 0 Å². The van der Waals surface area contributed by atoms with E-state index in [2.05, 4.69) is 0 Å². The van der Waals surface area contributed by atoms with Crippen molar-refractivity contribution in [3.8, 4) is 23.0 Å². The fourth-order valence-corrected chi connectivity index (χ4v) is 2.56. The molecule has 2 N–H and O–H groups in total. The van der Waals surface area contributed by atoms with Crippen molar-refractivity contribution >= 4 is 0 Å². The van der Waals surface area contributed by atoms with E-state index in [-0.39, 0.29) is 11.5 Å². The second-order valence-corrected chi connectivity index (χ2v) is 5.99. The van der Waals surface area contributed by atoms with Crippen molar-refractivity contribution in [2.45, 2.75) is 39.5 Å². The highest BCUT2D eigenvalue weighted by Crippen LogP contribution is 2.29. The Hall–Kier alpha value is -2.88. The Morgan fingerprint density at radius 1 is 0.731 bits per heavy atom. The summed E-state index contributed by atoms with van der Waals surface area (Å²) in [6.07, 6.45) is 10.5. The van der Waals surface area contributed by atoms with Crippen molar-refractivity contribution in [1.82, 2.24) is 0 Å². The first-order valence-corrected chi connectivity index (χ1v) is 8.83. The van der Waals surface area contributed by atoms with Crippen molar-refractivity contribution in [2.75, 3.05) is 0 Å². The summed E-state index contributed by atoms with van der Waals surface area (Å²) < 4.78 is 10.8. The lowest BCUT2D eigenvalue weighted by Crippen LogP contribution is -1.92. The first kappa shape index (κ1) is 19.4. The number of hydrogen-bond donors (Lipinski definition) is 2. The molecule has 0 spiro atoms. The van der Waals surface area contributed by atoms with Gasteiger partial charge in [-0.1, -0.05) is 24.3 Å². The maximum Gasteiger partial charge on any atom is 0.168 e. The van der Waals surface area contributed by atoms with Crippen molar-refractivity contribution in [1.29, 1.82) is 0 Å². The van der Waals surface area contributed by atoms with Gasteiger partial charge in [0.25, 0.3) is 0 Å². The third kappa shape index (κ3) is 5.88. The normalized spacial score (nSPS) is 11.3. The maximum atomic E-state index is 9.80. The van der Waals surface area contributed by atoms with Crippen LogP contribution in [0, 0.1) is 0 Å². The lowest BCUT2D eigenvalue weighted by atomic mass is 10.0. The molecule has 0 fully saturated rings. The van der Waals surface area contributed by atoms with Crippen LogP contribution in [0.3, 0.4) is 0 Å². The molecule has 138 valence electrons. The molecule has 0 radical (unpaired) electrons. The van der Waals surface area contributed by atoms with E-state index in [4.69, 9.17) is 9.47 Å². The van der Waals surface area contributed by atoms with E-state index in [1.54, 1.807) is 36.8 Å². The van der Waals surface area contributed by atoms with Crippen LogP contribution >= 0.6 is 0 Å². The van der Waals surface area contributed by atoms with E-state index < -0.39 is 0 Å². The van der Waals surface area contributed by atoms with Crippen LogP contribution in [0.15, 0.2) is 61.1 Å². The molecule has 0 atom stereocenters. The van der Waals surface area contributed by atoms with E-state index in [1.165, 1.54) is 0 Å². The zero-order valence-electron chi connectivity index (χ0n) is 15.3. The highest BCUT2D eigenvalue weighted by atomic mass is 16.5. The Kier molecular flexibility index (Phi) is 7.62. The van der Waals surface area contributed by atoms with Crippen LogP contribution in [-0.2, 0) is 12.8 Å². The molecule has 2 rings (SSSR count). The van der Waals surface area contributed by atoms with Crippen LogP contribution in [0.4, 0.5) is 0 Å². The van der Waals surface area contributed by atoms with Crippen LogP contribution < -0.4 is 9.47 Å². The summed E-state index contributed by atoms with van der Waals surface area (Å²) in [5.74, 6) is 1.24. The summed E-state index contributed by atoms with van der Waals surface area (Å²) in [6, 6.07) is 10.9. The lowest BCUT2D eigenvalue weighted by molar-refractivity contribution is 0.409. The van der Waals surface area contributed by atoms with Gasteiger partial charge in [0.15, 0.2) is 23.0 Å². The molecular formula is C22H26O4. The summed E-state index contributed by atoms with van der Waals surface area (Å²) in [7, 11) is 0. The molecule has 4 heteroatoms. The van der Waals surface area contributed by atoms with Gasteiger partial charge >= 0.3 is 0 Å². The monoisotopic (exact) mass is 354 g/mol. The molecule has 0 unspecified atom stereocenters. The maximum absolute atomic E-state index is 9.80. The minimum atomic E-state index is 0.143. The Labute approximate surface area is 155 Å². The van der Waals surface area contributed by atoms with Crippen molar-refractivity contribution in [3.63, 3.8) is 0 Å². The molecule has 0 aliphatic rings. The van der Waals surface area contributed by atoms with Gasteiger partial charge in [-0.2, -0.15) is 0 Å². The molecule has 0 aromatic heterocycles. The smallest absolute Gasteiger partial charge is 0.168 e. The number of aromatic hydroxyl groups is 2. The highest BCUT2D eigenvalue weighted by Gasteiger charge is 2.05. The summed E-state index contributed by atoms with van der Waals surface area (Å²) in [6.45, 7) is 3.72. The standard InChI is InChI=1S/C22H26O4/c1-3-13-25-21-15-17(9-11-19(21)23)7-5-6-8-18-10-12-20(24)22(16-18)26-14-4-2/h3-4,9-16,23-24H,5-8H2,1-2H3. The minimum absolute atomic E-state index is 0.143. The molecule has 0 bridgehead atoms. The first-order chi connectivity index (χ1) is 12.6. The molecule has 2 aromatic rings. The van der Waals surface area contributed by atoms with Gasteiger partial charge in [-0.25, -0.2) is 0 Å². The molecule has 0 amide bonds. The molecule has 2 aromatic carbocycles. The summed E-state index contributed by atoms with van der Waals surface area (Å²) >= 11 is 0. The molecule has 0 heterocycles. The second-order valence-electron chi connectivity index (χ2n) is 5.99. The number of allylic oxidation sites excluding steroid dienone is 2. The topological polar surface area (TPSA) is 58.9 Å². The zero-order valence-corrected chi connectivity index (χ0v) is 15.3. The number of unbranched alkanes of at least 4 members (excludes halogenated alkanes) is 1. The number of hydrogen-bond acceptors (Lipinski definition) is 4. The van der Waals surface area contributed by atoms with Gasteiger partial charge in [0.05, 0.1) is 12.5 Å². The van der Waals surface area contributed by atoms with Gasteiger partial charge in [0.2, 0.25) is 0 Å². The van der Waals surface area contributed by atoms with Gasteiger partial charge < -0.3 is 19.7 Å². The fraction of sp³-hybridized carbons (Fsp3) is 0.273. The number of benzene rings is 2. The van der Waals surface area contributed by atoms with Crippen molar-refractivity contribution in [2.24, 2.45) is 0 Å². The second kappa shape index (κ2) is 10.2. The van der Waals surface area contributed by atoms with Crippen LogP contribution in [0.1, 0.15) is 37.8 Å². The average molecular weight is 354 g/mol. The molecule has 0 aliphatic carbocycles. The van der Waals surface area contributed by atoms with E-state index in [0.29, 0.717) is 11.5 Å². The van der Waals surface area contributed by atoms with Gasteiger partial charge in [0.1, 0.15) is 0 Å². The molecule has 0 saturated heterocycles. The molecular weight excluding hydrogens is 328 g/mol. The van der Waals surface area contributed by atoms with E-state index in [0.717, 1.165) is 36.8 Å². The van der Waals surface area contributed by atoms with Gasteiger partial charge in [-0.15, -0.1) is 0 Å². The minimum Gasteiger partial charge on any atom is -0.504 e. The number of aryl methyl sites for hydroxylation is 2.